The molecule has 0 fully saturated rings. The number of para-hydroxylation sites is 1. The topological polar surface area (TPSA) is 29.5 Å². The summed E-state index contributed by atoms with van der Waals surface area (Å²) >= 11 is 0. The number of hydrogen-bond acceptors (Lipinski definition) is 2. The molecule has 1 aromatic carbocycles. The summed E-state index contributed by atoms with van der Waals surface area (Å²) in [6, 6.07) is 9.10. The van der Waals surface area contributed by atoms with Gasteiger partial charge in [-0.1, -0.05) is 57.0 Å². The normalized spacial score (nSPS) is 14.8. The van der Waals surface area contributed by atoms with Gasteiger partial charge in [-0.25, -0.2) is 4.79 Å². The van der Waals surface area contributed by atoms with Crippen LogP contribution in [-0.2, 0) is 0 Å². The maximum Gasteiger partial charge on any atom is 0.423 e. The van der Waals surface area contributed by atoms with Crippen LogP contribution in [0.25, 0.3) is 0 Å². The number of carbonyl (C=O) groups is 1. The summed E-state index contributed by atoms with van der Waals surface area (Å²) in [5, 5.41) is 0. The van der Waals surface area contributed by atoms with E-state index < -0.39 is 0 Å². The van der Waals surface area contributed by atoms with Gasteiger partial charge in [0.25, 0.3) is 0 Å². The Kier molecular flexibility index (Phi) is 4.99. The number of nitrogens with zero attached hydrogens (tertiary/aromatic N) is 1. The highest BCUT2D eigenvalue weighted by atomic mass is 16.6. The second kappa shape index (κ2) is 6.94. The molecule has 20 heavy (non-hydrogen) atoms. The predicted molar refractivity (Wildman–Crippen MR) is 80.1 cm³/mol. The largest absolute Gasteiger partial charge is 0.423 e. The number of hydrogen-bond donors (Lipinski definition) is 0. The molecule has 0 spiro atoms. The Labute approximate surface area is 120 Å². The van der Waals surface area contributed by atoms with Crippen LogP contribution in [0.3, 0.4) is 0 Å². The maximum atomic E-state index is 12.0. The lowest BCUT2D eigenvalue weighted by Gasteiger charge is -2.24. The van der Waals surface area contributed by atoms with Crippen LogP contribution in [0.1, 0.15) is 26.7 Å². The minimum Gasteiger partial charge on any atom is -0.410 e. The molecule has 0 atom stereocenters. The molecule has 0 saturated heterocycles. The Morgan fingerprint density at radius 3 is 2.30 bits per heavy atom. The van der Waals surface area contributed by atoms with Crippen molar-refractivity contribution < 1.29 is 9.53 Å². The van der Waals surface area contributed by atoms with Crippen LogP contribution in [0.4, 0.5) is 4.79 Å². The highest BCUT2D eigenvalue weighted by molar-refractivity contribution is 5.73. The summed E-state index contributed by atoms with van der Waals surface area (Å²) in [7, 11) is 0. The summed E-state index contributed by atoms with van der Waals surface area (Å²) < 4.78 is 5.29. The van der Waals surface area contributed by atoms with Crippen LogP contribution >= 0.6 is 0 Å². The van der Waals surface area contributed by atoms with Crippen LogP contribution < -0.4 is 4.74 Å². The van der Waals surface area contributed by atoms with Gasteiger partial charge in [0.1, 0.15) is 5.75 Å². The standard InChI is InChI=1S/C17H21NO2/c1-3-14(4-2)15-10-12-18(13-11-15)17(19)20-16-8-6-5-7-9-16/h5-15H,3-4H2,1-2H3. The van der Waals surface area contributed by atoms with E-state index >= 15 is 0 Å². The Morgan fingerprint density at radius 1 is 1.15 bits per heavy atom. The van der Waals surface area contributed by atoms with E-state index in [9.17, 15) is 4.79 Å². The lowest BCUT2D eigenvalue weighted by Crippen LogP contribution is -2.26. The van der Waals surface area contributed by atoms with Gasteiger partial charge in [0.15, 0.2) is 0 Å². The first-order chi connectivity index (χ1) is 9.74. The molecule has 1 amide bonds. The Balaban J connectivity index is 1.94. The van der Waals surface area contributed by atoms with Crippen molar-refractivity contribution in [1.82, 2.24) is 4.90 Å². The van der Waals surface area contributed by atoms with Gasteiger partial charge in [0.05, 0.1) is 0 Å². The van der Waals surface area contributed by atoms with Crippen LogP contribution in [0, 0.1) is 11.8 Å². The van der Waals surface area contributed by atoms with Gasteiger partial charge in [-0.05, 0) is 18.1 Å². The zero-order valence-electron chi connectivity index (χ0n) is 12.0. The van der Waals surface area contributed by atoms with E-state index in [-0.39, 0.29) is 6.09 Å². The van der Waals surface area contributed by atoms with Crippen LogP contribution in [0.5, 0.6) is 5.75 Å². The van der Waals surface area contributed by atoms with Gasteiger partial charge in [-0.3, -0.25) is 4.90 Å². The lowest BCUT2D eigenvalue weighted by molar-refractivity contribution is 0.181. The minimum atomic E-state index is -0.383. The summed E-state index contributed by atoms with van der Waals surface area (Å²) in [5.74, 6) is 1.60. The molecule has 0 radical (unpaired) electrons. The summed E-state index contributed by atoms with van der Waals surface area (Å²) in [6.07, 6.45) is 9.65. The molecular formula is C17H21NO2. The van der Waals surface area contributed by atoms with Crippen molar-refractivity contribution >= 4 is 6.09 Å². The van der Waals surface area contributed by atoms with E-state index in [1.807, 2.05) is 18.2 Å². The molecule has 0 bridgehead atoms. The number of benzene rings is 1. The third-order valence-corrected chi connectivity index (χ3v) is 3.69. The van der Waals surface area contributed by atoms with Gasteiger partial charge in [-0.15, -0.1) is 0 Å². The maximum absolute atomic E-state index is 12.0. The van der Waals surface area contributed by atoms with Gasteiger partial charge in [0.2, 0.25) is 0 Å². The molecule has 2 rings (SSSR count). The second-order valence-electron chi connectivity index (χ2n) is 4.93. The molecule has 3 heteroatoms. The van der Waals surface area contributed by atoms with E-state index in [2.05, 4.69) is 26.0 Å². The first-order valence-corrected chi connectivity index (χ1v) is 7.16. The molecule has 1 heterocycles. The minimum absolute atomic E-state index is 0.383. The van der Waals surface area contributed by atoms with Crippen molar-refractivity contribution in [2.45, 2.75) is 26.7 Å². The molecule has 0 saturated carbocycles. The molecule has 1 aromatic rings. The highest BCUT2D eigenvalue weighted by Crippen LogP contribution is 2.25. The molecule has 0 N–H and O–H groups in total. The SMILES string of the molecule is CCC(CC)C1C=CN(C(=O)Oc2ccccc2)C=C1. The molecule has 0 unspecified atom stereocenters. The van der Waals surface area contributed by atoms with Crippen molar-refractivity contribution in [3.63, 3.8) is 0 Å². The Bertz CT molecular complexity index is 475. The molecule has 1 aliphatic heterocycles. The van der Waals surface area contributed by atoms with Gasteiger partial charge in [-0.2, -0.15) is 0 Å². The van der Waals surface area contributed by atoms with Crippen molar-refractivity contribution in [2.24, 2.45) is 11.8 Å². The van der Waals surface area contributed by atoms with Gasteiger partial charge in [0, 0.05) is 18.3 Å². The van der Waals surface area contributed by atoms with E-state index in [1.54, 1.807) is 24.5 Å². The second-order valence-corrected chi connectivity index (χ2v) is 4.93. The zero-order valence-corrected chi connectivity index (χ0v) is 12.0. The van der Waals surface area contributed by atoms with E-state index in [4.69, 9.17) is 4.74 Å². The third kappa shape index (κ3) is 3.50. The fourth-order valence-electron chi connectivity index (χ4n) is 2.41. The monoisotopic (exact) mass is 271 g/mol. The predicted octanol–water partition coefficient (Wildman–Crippen LogP) is 4.58. The smallest absolute Gasteiger partial charge is 0.410 e. The number of amides is 1. The van der Waals surface area contributed by atoms with E-state index in [0.717, 1.165) is 12.8 Å². The van der Waals surface area contributed by atoms with Gasteiger partial charge >= 0.3 is 6.09 Å². The number of rotatable bonds is 4. The van der Waals surface area contributed by atoms with Crippen molar-refractivity contribution in [2.75, 3.05) is 0 Å². The first kappa shape index (κ1) is 14.4. The third-order valence-electron chi connectivity index (χ3n) is 3.69. The van der Waals surface area contributed by atoms with Crippen LogP contribution in [0.2, 0.25) is 0 Å². The molecule has 0 aromatic heterocycles. The first-order valence-electron chi connectivity index (χ1n) is 7.16. The average molecular weight is 271 g/mol. The number of allylic oxidation sites excluding steroid dienone is 2. The van der Waals surface area contributed by atoms with Gasteiger partial charge < -0.3 is 4.74 Å². The molecular weight excluding hydrogens is 250 g/mol. The lowest BCUT2D eigenvalue weighted by atomic mass is 9.87. The fraction of sp³-hybridized carbons (Fsp3) is 0.353. The van der Waals surface area contributed by atoms with Crippen molar-refractivity contribution in [3.05, 3.63) is 54.9 Å². The summed E-state index contributed by atoms with van der Waals surface area (Å²) in [5.41, 5.74) is 0. The summed E-state index contributed by atoms with van der Waals surface area (Å²) in [6.45, 7) is 4.40. The molecule has 1 aliphatic rings. The van der Waals surface area contributed by atoms with E-state index in [0.29, 0.717) is 17.6 Å². The zero-order chi connectivity index (χ0) is 14.4. The van der Waals surface area contributed by atoms with E-state index in [1.165, 1.54) is 4.90 Å². The Morgan fingerprint density at radius 2 is 1.75 bits per heavy atom. The van der Waals surface area contributed by atoms with Crippen molar-refractivity contribution in [3.8, 4) is 5.75 Å². The van der Waals surface area contributed by atoms with Crippen molar-refractivity contribution in [1.29, 1.82) is 0 Å². The molecule has 0 aliphatic carbocycles. The Hall–Kier alpha value is -2.03. The summed E-state index contributed by atoms with van der Waals surface area (Å²) in [4.78, 5) is 13.5. The number of ether oxygens (including phenoxy) is 1. The average Bonchev–Trinajstić information content (AvgIpc) is 2.50. The fourth-order valence-corrected chi connectivity index (χ4v) is 2.41. The molecule has 106 valence electrons. The quantitative estimate of drug-likeness (QED) is 0.802. The molecule has 3 nitrogen and oxygen atoms in total. The van der Waals surface area contributed by atoms with Crippen LogP contribution in [0.15, 0.2) is 54.9 Å². The highest BCUT2D eigenvalue weighted by Gasteiger charge is 2.19. The number of carbonyl (C=O) groups excluding carboxylic acids is 1. The van der Waals surface area contributed by atoms with Crippen LogP contribution in [-0.4, -0.2) is 11.0 Å².